The van der Waals surface area contributed by atoms with E-state index in [1.54, 1.807) is 48.5 Å². The van der Waals surface area contributed by atoms with Gasteiger partial charge in [0.15, 0.2) is 11.6 Å². The Bertz CT molecular complexity index is 1150. The van der Waals surface area contributed by atoms with E-state index in [2.05, 4.69) is 18.2 Å². The molecular weight excluding hydrogens is 393 g/mol. The molecule has 158 valence electrons. The average molecular weight is 419 g/mol. The molecule has 1 aliphatic rings. The van der Waals surface area contributed by atoms with Gasteiger partial charge >= 0.3 is 0 Å². The summed E-state index contributed by atoms with van der Waals surface area (Å²) in [7, 11) is 0. The second kappa shape index (κ2) is 8.97. The van der Waals surface area contributed by atoms with Gasteiger partial charge in [-0.15, -0.1) is 0 Å². The van der Waals surface area contributed by atoms with E-state index < -0.39 is 11.6 Å². The lowest BCUT2D eigenvalue weighted by Gasteiger charge is -2.20. The van der Waals surface area contributed by atoms with E-state index in [9.17, 15) is 13.2 Å². The molecule has 0 bridgehead atoms. The normalized spacial score (nSPS) is 16.5. The smallest absolute Gasteiger partial charge is 0.166 e. The van der Waals surface area contributed by atoms with Gasteiger partial charge in [0.1, 0.15) is 5.82 Å². The first-order valence-corrected chi connectivity index (χ1v) is 10.6. The van der Waals surface area contributed by atoms with Crippen molar-refractivity contribution >= 4 is 5.57 Å². The van der Waals surface area contributed by atoms with Crippen molar-refractivity contribution in [3.8, 4) is 22.3 Å². The van der Waals surface area contributed by atoms with Crippen molar-refractivity contribution in [2.75, 3.05) is 0 Å². The van der Waals surface area contributed by atoms with Crippen LogP contribution in [0, 0.1) is 30.3 Å². The topological polar surface area (TPSA) is 0 Å². The molecule has 1 atom stereocenters. The minimum Gasteiger partial charge on any atom is -0.206 e. The summed E-state index contributed by atoms with van der Waals surface area (Å²) in [5.41, 5.74) is 4.34. The molecule has 0 saturated heterocycles. The number of hydrogen-bond acceptors (Lipinski definition) is 0. The zero-order chi connectivity index (χ0) is 22.0. The van der Waals surface area contributed by atoms with Crippen LogP contribution in [0.4, 0.5) is 13.2 Å². The lowest BCUT2D eigenvalue weighted by molar-refractivity contribution is 0.505. The molecule has 31 heavy (non-hydrogen) atoms. The molecule has 1 unspecified atom stereocenters. The highest BCUT2D eigenvalue weighted by atomic mass is 19.2. The van der Waals surface area contributed by atoms with Gasteiger partial charge in [0.2, 0.25) is 0 Å². The minimum absolute atomic E-state index is 0.200. The maximum atomic E-state index is 14.9. The predicted molar refractivity (Wildman–Crippen MR) is 122 cm³/mol. The van der Waals surface area contributed by atoms with E-state index in [-0.39, 0.29) is 16.9 Å². The predicted octanol–water partition coefficient (Wildman–Crippen LogP) is 8.51. The molecule has 0 nitrogen and oxygen atoms in total. The number of benzene rings is 3. The molecule has 0 radical (unpaired) electrons. The van der Waals surface area contributed by atoms with Gasteiger partial charge in [0.05, 0.1) is 0 Å². The van der Waals surface area contributed by atoms with Gasteiger partial charge < -0.3 is 0 Å². The van der Waals surface area contributed by atoms with Crippen molar-refractivity contribution in [2.24, 2.45) is 5.92 Å². The van der Waals surface area contributed by atoms with Crippen molar-refractivity contribution in [1.29, 1.82) is 0 Å². The molecular formula is C28H25F3. The number of halogens is 3. The van der Waals surface area contributed by atoms with Gasteiger partial charge in [0, 0.05) is 11.1 Å². The fraction of sp³-hybridized carbons (Fsp3) is 0.214. The van der Waals surface area contributed by atoms with Gasteiger partial charge in [-0.1, -0.05) is 66.8 Å². The summed E-state index contributed by atoms with van der Waals surface area (Å²) in [6.45, 7) is 3.57. The summed E-state index contributed by atoms with van der Waals surface area (Å²) in [4.78, 5) is 0. The first-order chi connectivity index (χ1) is 15.0. The third-order valence-electron chi connectivity index (χ3n) is 6.04. The van der Waals surface area contributed by atoms with Crippen molar-refractivity contribution in [2.45, 2.75) is 33.1 Å². The van der Waals surface area contributed by atoms with Crippen molar-refractivity contribution in [1.82, 2.24) is 0 Å². The lowest BCUT2D eigenvalue weighted by atomic mass is 9.86. The third-order valence-corrected chi connectivity index (χ3v) is 6.04. The summed E-state index contributed by atoms with van der Waals surface area (Å²) in [6, 6.07) is 15.4. The van der Waals surface area contributed by atoms with Crippen LogP contribution in [0.3, 0.4) is 0 Å². The van der Waals surface area contributed by atoms with Crippen LogP contribution in [-0.2, 0) is 0 Å². The molecule has 3 aromatic carbocycles. The van der Waals surface area contributed by atoms with Crippen LogP contribution in [0.5, 0.6) is 0 Å². The van der Waals surface area contributed by atoms with Gasteiger partial charge in [-0.2, -0.15) is 0 Å². The zero-order valence-corrected chi connectivity index (χ0v) is 17.8. The van der Waals surface area contributed by atoms with Gasteiger partial charge in [-0.25, -0.2) is 13.2 Å². The first-order valence-electron chi connectivity index (χ1n) is 10.6. The molecule has 0 N–H and O–H groups in total. The molecule has 0 heterocycles. The SMILES string of the molecule is C/C=C/C1CC=C(c2ccc(-c3ccc(-c4ccc(C)c(F)c4F)cc3)c(F)c2)CC1. The molecule has 4 rings (SSSR count). The Balaban J connectivity index is 1.58. The van der Waals surface area contributed by atoms with Crippen LogP contribution >= 0.6 is 0 Å². The van der Waals surface area contributed by atoms with E-state index in [1.165, 1.54) is 12.5 Å². The van der Waals surface area contributed by atoms with Crippen molar-refractivity contribution in [3.63, 3.8) is 0 Å². The number of allylic oxidation sites excluding steroid dienone is 4. The number of rotatable bonds is 4. The van der Waals surface area contributed by atoms with Gasteiger partial charge in [-0.05, 0) is 72.9 Å². The zero-order valence-electron chi connectivity index (χ0n) is 17.8. The molecule has 0 spiro atoms. The van der Waals surface area contributed by atoms with Crippen LogP contribution in [0.1, 0.15) is 37.3 Å². The fourth-order valence-corrected chi connectivity index (χ4v) is 4.21. The van der Waals surface area contributed by atoms with Crippen LogP contribution in [0.2, 0.25) is 0 Å². The Labute approximate surface area is 181 Å². The second-order valence-corrected chi connectivity index (χ2v) is 8.12. The minimum atomic E-state index is -0.860. The summed E-state index contributed by atoms with van der Waals surface area (Å²) in [6.07, 6.45) is 9.55. The Kier molecular flexibility index (Phi) is 6.13. The highest BCUT2D eigenvalue weighted by molar-refractivity contribution is 5.74. The molecule has 0 fully saturated rings. The number of hydrogen-bond donors (Lipinski definition) is 0. The van der Waals surface area contributed by atoms with Crippen LogP contribution < -0.4 is 0 Å². The standard InChI is InChI=1S/C28H25F3/c1-3-4-19-6-8-20(9-7-19)23-14-16-24(26(29)17-23)21-10-12-22(13-11-21)25-15-5-18(2)27(30)28(25)31/h3-5,8,10-17,19H,6-7,9H2,1-2H3/b4-3+. The molecule has 0 saturated carbocycles. The van der Waals surface area contributed by atoms with Gasteiger partial charge in [-0.3, -0.25) is 0 Å². The van der Waals surface area contributed by atoms with Crippen molar-refractivity contribution in [3.05, 3.63) is 101 Å². The van der Waals surface area contributed by atoms with Crippen molar-refractivity contribution < 1.29 is 13.2 Å². The summed E-state index contributed by atoms with van der Waals surface area (Å²) in [5.74, 6) is -1.41. The Hall–Kier alpha value is -3.07. The highest BCUT2D eigenvalue weighted by Gasteiger charge is 2.16. The van der Waals surface area contributed by atoms with Crippen LogP contribution in [0.15, 0.2) is 72.8 Å². The molecule has 0 aliphatic heterocycles. The molecule has 3 heteroatoms. The van der Waals surface area contributed by atoms with E-state index in [1.807, 2.05) is 13.0 Å². The first kappa shape index (κ1) is 21.2. The maximum absolute atomic E-state index is 14.9. The number of aryl methyl sites for hydroxylation is 1. The monoisotopic (exact) mass is 418 g/mol. The fourth-order valence-electron chi connectivity index (χ4n) is 4.21. The van der Waals surface area contributed by atoms with E-state index in [0.717, 1.165) is 24.8 Å². The Morgan fingerprint density at radius 3 is 2.06 bits per heavy atom. The molecule has 1 aliphatic carbocycles. The Morgan fingerprint density at radius 2 is 1.45 bits per heavy atom. The van der Waals surface area contributed by atoms with E-state index >= 15 is 0 Å². The van der Waals surface area contributed by atoms with E-state index in [4.69, 9.17) is 0 Å². The van der Waals surface area contributed by atoms with E-state index in [0.29, 0.717) is 22.6 Å². The quantitative estimate of drug-likeness (QED) is 0.373. The highest BCUT2D eigenvalue weighted by Crippen LogP contribution is 2.34. The van der Waals surface area contributed by atoms with Crippen LogP contribution in [-0.4, -0.2) is 0 Å². The summed E-state index contributed by atoms with van der Waals surface area (Å²) in [5, 5.41) is 0. The molecule has 3 aromatic rings. The maximum Gasteiger partial charge on any atom is 0.166 e. The van der Waals surface area contributed by atoms with Crippen LogP contribution in [0.25, 0.3) is 27.8 Å². The third kappa shape index (κ3) is 4.36. The Morgan fingerprint density at radius 1 is 0.806 bits per heavy atom. The van der Waals surface area contributed by atoms with Gasteiger partial charge in [0.25, 0.3) is 0 Å². The molecule has 0 aromatic heterocycles. The largest absolute Gasteiger partial charge is 0.206 e. The average Bonchev–Trinajstić information content (AvgIpc) is 2.79. The molecule has 0 amide bonds. The summed E-state index contributed by atoms with van der Waals surface area (Å²) >= 11 is 0. The summed E-state index contributed by atoms with van der Waals surface area (Å²) < 4.78 is 43.1. The lowest BCUT2D eigenvalue weighted by Crippen LogP contribution is -2.02. The second-order valence-electron chi connectivity index (χ2n) is 8.12.